The van der Waals surface area contributed by atoms with E-state index in [2.05, 4.69) is 4.72 Å². The minimum atomic E-state index is -3.64. The molecule has 7 heteroatoms. The SMILES string of the molecule is Nc1ccc(Cl)cc1S(=O)(=O)NCCSc1ccccc1. The Balaban J connectivity index is 1.94. The summed E-state index contributed by atoms with van der Waals surface area (Å²) in [4.78, 5) is 1.11. The third-order valence-corrected chi connectivity index (χ3v) is 5.44. The van der Waals surface area contributed by atoms with E-state index in [1.165, 1.54) is 12.1 Å². The van der Waals surface area contributed by atoms with Gasteiger partial charge in [-0.25, -0.2) is 13.1 Å². The monoisotopic (exact) mass is 342 g/mol. The van der Waals surface area contributed by atoms with Crippen LogP contribution in [-0.2, 0) is 10.0 Å². The van der Waals surface area contributed by atoms with Crippen LogP contribution in [0.15, 0.2) is 58.3 Å². The van der Waals surface area contributed by atoms with Crippen molar-refractivity contribution in [3.8, 4) is 0 Å². The Kier molecular flexibility index (Phi) is 5.52. The van der Waals surface area contributed by atoms with Gasteiger partial charge in [-0.2, -0.15) is 0 Å². The molecular weight excluding hydrogens is 328 g/mol. The van der Waals surface area contributed by atoms with Crippen LogP contribution in [0.3, 0.4) is 0 Å². The van der Waals surface area contributed by atoms with Gasteiger partial charge in [-0.1, -0.05) is 29.8 Å². The molecule has 3 N–H and O–H groups in total. The quantitative estimate of drug-likeness (QED) is 0.481. The number of benzene rings is 2. The van der Waals surface area contributed by atoms with E-state index in [9.17, 15) is 8.42 Å². The fourth-order valence-corrected chi connectivity index (χ4v) is 4.02. The minimum absolute atomic E-state index is 0.0136. The van der Waals surface area contributed by atoms with E-state index < -0.39 is 10.0 Å². The molecule has 0 aromatic heterocycles. The first-order valence-corrected chi connectivity index (χ1v) is 9.06. The van der Waals surface area contributed by atoms with Crippen LogP contribution in [-0.4, -0.2) is 20.7 Å². The van der Waals surface area contributed by atoms with E-state index >= 15 is 0 Å². The average molecular weight is 343 g/mol. The van der Waals surface area contributed by atoms with Crippen LogP contribution in [0, 0.1) is 0 Å². The molecule has 2 rings (SSSR count). The topological polar surface area (TPSA) is 72.2 Å². The van der Waals surface area contributed by atoms with E-state index in [1.54, 1.807) is 17.8 Å². The van der Waals surface area contributed by atoms with Crippen molar-refractivity contribution in [1.29, 1.82) is 0 Å². The lowest BCUT2D eigenvalue weighted by molar-refractivity contribution is 0.584. The molecule has 0 saturated heterocycles. The van der Waals surface area contributed by atoms with Crippen LogP contribution < -0.4 is 10.5 Å². The van der Waals surface area contributed by atoms with E-state index in [0.29, 0.717) is 17.3 Å². The molecule has 2 aromatic carbocycles. The third kappa shape index (κ3) is 4.64. The largest absolute Gasteiger partial charge is 0.398 e. The maximum atomic E-state index is 12.2. The fraction of sp³-hybridized carbons (Fsp3) is 0.143. The number of nitrogens with one attached hydrogen (secondary N) is 1. The van der Waals surface area contributed by atoms with Crippen LogP contribution in [0.1, 0.15) is 0 Å². The van der Waals surface area contributed by atoms with Gasteiger partial charge in [0.25, 0.3) is 0 Å². The molecule has 0 saturated carbocycles. The smallest absolute Gasteiger partial charge is 0.242 e. The number of nitrogen functional groups attached to an aromatic ring is 1. The summed E-state index contributed by atoms with van der Waals surface area (Å²) < 4.78 is 26.8. The number of nitrogens with two attached hydrogens (primary N) is 1. The normalized spacial score (nSPS) is 11.5. The Hall–Kier alpha value is -1.21. The maximum absolute atomic E-state index is 12.2. The molecule has 2 aromatic rings. The van der Waals surface area contributed by atoms with Gasteiger partial charge in [0, 0.05) is 22.2 Å². The molecule has 0 radical (unpaired) electrons. The Morgan fingerprint density at radius 2 is 1.86 bits per heavy atom. The van der Waals surface area contributed by atoms with E-state index in [0.717, 1.165) is 4.90 Å². The van der Waals surface area contributed by atoms with Crippen molar-refractivity contribution in [3.63, 3.8) is 0 Å². The number of hydrogen-bond acceptors (Lipinski definition) is 4. The molecule has 0 aliphatic carbocycles. The highest BCUT2D eigenvalue weighted by Gasteiger charge is 2.17. The zero-order valence-electron chi connectivity index (χ0n) is 11.1. The summed E-state index contributed by atoms with van der Waals surface area (Å²) in [5.74, 6) is 0.629. The first-order valence-electron chi connectivity index (χ1n) is 6.21. The second kappa shape index (κ2) is 7.17. The van der Waals surface area contributed by atoms with Gasteiger partial charge < -0.3 is 5.73 Å². The molecule has 112 valence electrons. The highest BCUT2D eigenvalue weighted by molar-refractivity contribution is 7.99. The van der Waals surface area contributed by atoms with Crippen molar-refractivity contribution in [1.82, 2.24) is 4.72 Å². The Bertz CT molecular complexity index is 706. The first-order chi connectivity index (χ1) is 9.99. The molecule has 0 amide bonds. The van der Waals surface area contributed by atoms with E-state index in [1.807, 2.05) is 30.3 Å². The minimum Gasteiger partial charge on any atom is -0.398 e. The summed E-state index contributed by atoms with van der Waals surface area (Å²) in [6, 6.07) is 14.2. The zero-order valence-corrected chi connectivity index (χ0v) is 13.5. The third-order valence-electron chi connectivity index (χ3n) is 2.67. The Morgan fingerprint density at radius 1 is 1.14 bits per heavy atom. The predicted molar refractivity (Wildman–Crippen MR) is 88.2 cm³/mol. The summed E-state index contributed by atoms with van der Waals surface area (Å²) in [5.41, 5.74) is 5.87. The number of rotatable bonds is 6. The lowest BCUT2D eigenvalue weighted by atomic mass is 10.3. The number of anilines is 1. The highest BCUT2D eigenvalue weighted by atomic mass is 35.5. The molecule has 0 aliphatic rings. The lowest BCUT2D eigenvalue weighted by Gasteiger charge is -2.09. The van der Waals surface area contributed by atoms with Gasteiger partial charge in [-0.3, -0.25) is 0 Å². The summed E-state index contributed by atoms with van der Waals surface area (Å²) in [6.45, 7) is 0.313. The van der Waals surface area contributed by atoms with Crippen LogP contribution in [0.5, 0.6) is 0 Å². The van der Waals surface area contributed by atoms with Crippen LogP contribution in [0.4, 0.5) is 5.69 Å². The lowest BCUT2D eigenvalue weighted by Crippen LogP contribution is -2.26. The van der Waals surface area contributed by atoms with Gasteiger partial charge in [0.2, 0.25) is 10.0 Å². The molecule has 21 heavy (non-hydrogen) atoms. The predicted octanol–water partition coefficient (Wildman–Crippen LogP) is 2.99. The molecular formula is C14H15ClN2O2S2. The summed E-state index contributed by atoms with van der Waals surface area (Å²) >= 11 is 7.39. The number of halogens is 1. The molecule has 0 spiro atoms. The highest BCUT2D eigenvalue weighted by Crippen LogP contribution is 2.22. The Labute approximate surface area is 133 Å². The number of thioether (sulfide) groups is 1. The van der Waals surface area contributed by atoms with E-state index in [-0.39, 0.29) is 10.6 Å². The molecule has 0 bridgehead atoms. The maximum Gasteiger partial charge on any atom is 0.242 e. The summed E-state index contributed by atoms with van der Waals surface area (Å²) in [5, 5.41) is 0.336. The summed E-state index contributed by atoms with van der Waals surface area (Å²) in [6.07, 6.45) is 0. The number of hydrogen-bond donors (Lipinski definition) is 2. The standard InChI is InChI=1S/C14H15ClN2O2S2/c15-11-6-7-13(16)14(10-11)21(18,19)17-8-9-20-12-4-2-1-3-5-12/h1-7,10,17H,8-9,16H2. The molecule has 0 fully saturated rings. The van der Waals surface area contributed by atoms with E-state index in [4.69, 9.17) is 17.3 Å². The van der Waals surface area contributed by atoms with Gasteiger partial charge in [0.1, 0.15) is 4.90 Å². The van der Waals surface area contributed by atoms with Gasteiger partial charge >= 0.3 is 0 Å². The zero-order chi connectivity index (χ0) is 15.3. The van der Waals surface area contributed by atoms with Crippen LogP contribution in [0.2, 0.25) is 5.02 Å². The summed E-state index contributed by atoms with van der Waals surface area (Å²) in [7, 11) is -3.64. The van der Waals surface area contributed by atoms with Crippen LogP contribution >= 0.6 is 23.4 Å². The van der Waals surface area contributed by atoms with Crippen molar-refractivity contribution < 1.29 is 8.42 Å². The van der Waals surface area contributed by atoms with Crippen LogP contribution in [0.25, 0.3) is 0 Å². The fourth-order valence-electron chi connectivity index (χ4n) is 1.68. The second-order valence-electron chi connectivity index (χ2n) is 4.24. The van der Waals surface area contributed by atoms with Crippen molar-refractivity contribution in [3.05, 3.63) is 53.6 Å². The molecule has 0 unspecified atom stereocenters. The number of sulfonamides is 1. The van der Waals surface area contributed by atoms with Crippen molar-refractivity contribution in [2.75, 3.05) is 18.0 Å². The van der Waals surface area contributed by atoms with Crippen molar-refractivity contribution >= 4 is 39.1 Å². The Morgan fingerprint density at radius 3 is 2.57 bits per heavy atom. The molecule has 0 atom stereocenters. The van der Waals surface area contributed by atoms with Gasteiger partial charge in [-0.05, 0) is 30.3 Å². The second-order valence-corrected chi connectivity index (χ2v) is 7.58. The molecule has 0 heterocycles. The van der Waals surface area contributed by atoms with Crippen molar-refractivity contribution in [2.45, 2.75) is 9.79 Å². The van der Waals surface area contributed by atoms with Gasteiger partial charge in [-0.15, -0.1) is 11.8 Å². The molecule has 0 aliphatic heterocycles. The first kappa shape index (κ1) is 16.2. The van der Waals surface area contributed by atoms with Crippen molar-refractivity contribution in [2.24, 2.45) is 0 Å². The molecule has 4 nitrogen and oxygen atoms in total. The van der Waals surface area contributed by atoms with Gasteiger partial charge in [0.15, 0.2) is 0 Å². The van der Waals surface area contributed by atoms with Gasteiger partial charge in [0.05, 0.1) is 5.69 Å². The average Bonchev–Trinajstić information content (AvgIpc) is 2.47.